The van der Waals surface area contributed by atoms with Gasteiger partial charge in [-0.25, -0.2) is 0 Å². The van der Waals surface area contributed by atoms with Gasteiger partial charge in [-0.15, -0.1) is 0 Å². The van der Waals surface area contributed by atoms with Crippen LogP contribution in [-0.2, 0) is 15.6 Å². The van der Waals surface area contributed by atoms with Crippen LogP contribution in [-0.4, -0.2) is 11.1 Å². The molecular weight excluding hydrogens is 308 g/mol. The first-order valence-corrected chi connectivity index (χ1v) is 9.35. The molecule has 0 amide bonds. The largest absolute Gasteiger partial charge is 0.481 e. The maximum Gasteiger partial charge on any atom is 0.307 e. The van der Waals surface area contributed by atoms with Crippen LogP contribution >= 0.6 is 0 Å². The average Bonchev–Trinajstić information content (AvgIpc) is 3.31. The van der Waals surface area contributed by atoms with Gasteiger partial charge in [-0.05, 0) is 65.2 Å². The SMILES string of the molecule is CC(=CC=C[C@H]1C[C@H]1C(=O)O)c1ccc2c(c1)C(C)(C)CCC2(C)C. The maximum absolute atomic E-state index is 10.9. The van der Waals surface area contributed by atoms with Gasteiger partial charge in [0.1, 0.15) is 0 Å². The third-order valence-electron chi connectivity index (χ3n) is 6.17. The molecule has 2 atom stereocenters. The zero-order valence-electron chi connectivity index (χ0n) is 16.1. The zero-order valence-corrected chi connectivity index (χ0v) is 16.1. The summed E-state index contributed by atoms with van der Waals surface area (Å²) in [6, 6.07) is 6.92. The van der Waals surface area contributed by atoms with Gasteiger partial charge in [-0.3, -0.25) is 4.79 Å². The summed E-state index contributed by atoms with van der Waals surface area (Å²) >= 11 is 0. The Labute approximate surface area is 151 Å². The van der Waals surface area contributed by atoms with Crippen molar-refractivity contribution in [3.63, 3.8) is 0 Å². The van der Waals surface area contributed by atoms with Crippen molar-refractivity contribution in [3.8, 4) is 0 Å². The van der Waals surface area contributed by atoms with Crippen molar-refractivity contribution < 1.29 is 9.90 Å². The highest BCUT2D eigenvalue weighted by molar-refractivity contribution is 5.74. The Balaban J connectivity index is 1.83. The normalized spacial score (nSPS) is 27.2. The molecule has 1 aromatic rings. The molecule has 0 unspecified atom stereocenters. The van der Waals surface area contributed by atoms with Crippen LogP contribution in [0.4, 0.5) is 0 Å². The van der Waals surface area contributed by atoms with Gasteiger partial charge in [-0.2, -0.15) is 0 Å². The van der Waals surface area contributed by atoms with Crippen LogP contribution in [0.15, 0.2) is 36.4 Å². The summed E-state index contributed by atoms with van der Waals surface area (Å²) in [6.45, 7) is 11.5. The van der Waals surface area contributed by atoms with Gasteiger partial charge in [0.05, 0.1) is 5.92 Å². The van der Waals surface area contributed by atoms with Crippen molar-refractivity contribution in [2.75, 3.05) is 0 Å². The molecule has 0 aromatic heterocycles. The third-order valence-corrected chi connectivity index (χ3v) is 6.17. The van der Waals surface area contributed by atoms with Gasteiger partial charge in [-0.1, -0.05) is 64.1 Å². The second-order valence-electron chi connectivity index (χ2n) is 9.11. The van der Waals surface area contributed by atoms with E-state index in [1.165, 1.54) is 35.1 Å². The quantitative estimate of drug-likeness (QED) is 0.713. The number of aliphatic carboxylic acids is 1. The van der Waals surface area contributed by atoms with Crippen molar-refractivity contribution in [1.82, 2.24) is 0 Å². The number of benzene rings is 1. The molecule has 0 radical (unpaired) electrons. The van der Waals surface area contributed by atoms with E-state index < -0.39 is 5.97 Å². The molecule has 1 N–H and O–H groups in total. The fourth-order valence-electron chi connectivity index (χ4n) is 3.98. The monoisotopic (exact) mass is 338 g/mol. The van der Waals surface area contributed by atoms with Gasteiger partial charge < -0.3 is 5.11 Å². The molecule has 2 aliphatic rings. The number of allylic oxidation sites excluding steroid dienone is 4. The van der Waals surface area contributed by atoms with E-state index in [9.17, 15) is 4.79 Å². The minimum Gasteiger partial charge on any atom is -0.481 e. The summed E-state index contributed by atoms with van der Waals surface area (Å²) in [6.07, 6.45) is 9.40. The summed E-state index contributed by atoms with van der Waals surface area (Å²) in [5.41, 5.74) is 5.92. The molecule has 1 fully saturated rings. The summed E-state index contributed by atoms with van der Waals surface area (Å²) < 4.78 is 0. The molecule has 1 aromatic carbocycles. The van der Waals surface area contributed by atoms with E-state index in [1.807, 2.05) is 12.2 Å². The lowest BCUT2D eigenvalue weighted by molar-refractivity contribution is -0.138. The maximum atomic E-state index is 10.9. The van der Waals surface area contributed by atoms with Crippen molar-refractivity contribution in [2.45, 2.75) is 64.7 Å². The zero-order chi connectivity index (χ0) is 18.4. The van der Waals surface area contributed by atoms with Crippen LogP contribution in [0.2, 0.25) is 0 Å². The molecule has 2 aliphatic carbocycles. The summed E-state index contributed by atoms with van der Waals surface area (Å²) in [5, 5.41) is 8.96. The van der Waals surface area contributed by atoms with E-state index in [4.69, 9.17) is 5.11 Å². The lowest BCUT2D eigenvalue weighted by Gasteiger charge is -2.42. The fourth-order valence-corrected chi connectivity index (χ4v) is 3.98. The molecule has 1 saturated carbocycles. The van der Waals surface area contributed by atoms with Crippen molar-refractivity contribution in [3.05, 3.63) is 53.1 Å². The number of carboxylic acids is 1. The van der Waals surface area contributed by atoms with Gasteiger partial charge in [0.15, 0.2) is 0 Å². The van der Waals surface area contributed by atoms with Crippen LogP contribution in [0, 0.1) is 11.8 Å². The number of carboxylic acid groups (broad SMARTS) is 1. The Morgan fingerprint density at radius 3 is 2.36 bits per heavy atom. The lowest BCUT2D eigenvalue weighted by Crippen LogP contribution is -2.33. The standard InChI is InChI=1S/C23H30O2/c1-15(7-6-8-17-13-18(17)21(24)25)16-9-10-19-20(14-16)23(4,5)12-11-22(19,2)3/h6-10,14,17-18H,11-13H2,1-5H3,(H,24,25)/t17-,18+/m0/s1. The second kappa shape index (κ2) is 6.16. The molecule has 0 bridgehead atoms. The molecule has 0 heterocycles. The van der Waals surface area contributed by atoms with Gasteiger partial charge in [0, 0.05) is 0 Å². The first-order valence-electron chi connectivity index (χ1n) is 9.35. The number of hydrogen-bond donors (Lipinski definition) is 1. The van der Waals surface area contributed by atoms with Crippen LogP contribution in [0.3, 0.4) is 0 Å². The highest BCUT2D eigenvalue weighted by Crippen LogP contribution is 2.46. The van der Waals surface area contributed by atoms with Crippen LogP contribution in [0.5, 0.6) is 0 Å². The average molecular weight is 338 g/mol. The van der Waals surface area contributed by atoms with Crippen LogP contribution in [0.1, 0.15) is 70.6 Å². The van der Waals surface area contributed by atoms with Crippen LogP contribution < -0.4 is 0 Å². The topological polar surface area (TPSA) is 37.3 Å². The van der Waals surface area contributed by atoms with E-state index in [0.717, 1.165) is 6.42 Å². The minimum atomic E-state index is -0.671. The fraction of sp³-hybridized carbons (Fsp3) is 0.522. The molecule has 2 heteroatoms. The van der Waals surface area contributed by atoms with Gasteiger partial charge >= 0.3 is 5.97 Å². The first kappa shape index (κ1) is 18.0. The Hall–Kier alpha value is -1.83. The predicted molar refractivity (Wildman–Crippen MR) is 104 cm³/mol. The number of hydrogen-bond acceptors (Lipinski definition) is 1. The smallest absolute Gasteiger partial charge is 0.307 e. The summed E-state index contributed by atoms with van der Waals surface area (Å²) in [7, 11) is 0. The van der Waals surface area contributed by atoms with Crippen LogP contribution in [0.25, 0.3) is 5.57 Å². The minimum absolute atomic E-state index is 0.170. The van der Waals surface area contributed by atoms with E-state index in [1.54, 1.807) is 0 Å². The Morgan fingerprint density at radius 2 is 1.76 bits per heavy atom. The highest BCUT2D eigenvalue weighted by Gasteiger charge is 2.41. The molecule has 0 spiro atoms. The summed E-state index contributed by atoms with van der Waals surface area (Å²) in [5.74, 6) is -0.628. The molecule has 25 heavy (non-hydrogen) atoms. The third kappa shape index (κ3) is 3.58. The number of fused-ring (bicyclic) bond motifs is 1. The van der Waals surface area contributed by atoms with Crippen molar-refractivity contribution in [2.24, 2.45) is 11.8 Å². The number of carbonyl (C=O) groups is 1. The molecular formula is C23H30O2. The van der Waals surface area contributed by atoms with E-state index >= 15 is 0 Å². The first-order chi connectivity index (χ1) is 11.6. The molecule has 3 rings (SSSR count). The predicted octanol–water partition coefficient (Wildman–Crippen LogP) is 5.72. The van der Waals surface area contributed by atoms with E-state index in [0.29, 0.717) is 0 Å². The van der Waals surface area contributed by atoms with E-state index in [2.05, 4.69) is 58.9 Å². The van der Waals surface area contributed by atoms with Crippen molar-refractivity contribution >= 4 is 11.5 Å². The molecule has 0 saturated heterocycles. The highest BCUT2D eigenvalue weighted by atomic mass is 16.4. The molecule has 0 aliphatic heterocycles. The Bertz CT molecular complexity index is 749. The van der Waals surface area contributed by atoms with E-state index in [-0.39, 0.29) is 22.7 Å². The van der Waals surface area contributed by atoms with Crippen molar-refractivity contribution in [1.29, 1.82) is 0 Å². The van der Waals surface area contributed by atoms with Gasteiger partial charge in [0.2, 0.25) is 0 Å². The Kier molecular flexibility index (Phi) is 4.43. The lowest BCUT2D eigenvalue weighted by atomic mass is 9.63. The molecule has 2 nitrogen and oxygen atoms in total. The number of rotatable bonds is 4. The summed E-state index contributed by atoms with van der Waals surface area (Å²) in [4.78, 5) is 10.9. The van der Waals surface area contributed by atoms with Gasteiger partial charge in [0.25, 0.3) is 0 Å². The Morgan fingerprint density at radius 1 is 1.12 bits per heavy atom. The molecule has 134 valence electrons. The second-order valence-corrected chi connectivity index (χ2v) is 9.11.